The lowest BCUT2D eigenvalue weighted by molar-refractivity contribution is 0.168. The van der Waals surface area contributed by atoms with Crippen molar-refractivity contribution in [2.45, 2.75) is 25.8 Å². The first-order chi connectivity index (χ1) is 8.22. The molecule has 0 radical (unpaired) electrons. The predicted octanol–water partition coefficient (Wildman–Crippen LogP) is 2.33. The maximum atomic E-state index is 13.5. The average Bonchev–Trinajstić information content (AvgIpc) is 2.36. The molecule has 0 fully saturated rings. The van der Waals surface area contributed by atoms with Crippen LogP contribution in [-0.2, 0) is 4.74 Å². The predicted molar refractivity (Wildman–Crippen MR) is 64.5 cm³/mol. The molecule has 1 unspecified atom stereocenters. The summed E-state index contributed by atoms with van der Waals surface area (Å²) < 4.78 is 19.1. The van der Waals surface area contributed by atoms with E-state index in [0.717, 1.165) is 24.2 Å². The molecule has 2 rings (SSSR count). The maximum absolute atomic E-state index is 13.5. The molecule has 0 amide bonds. The van der Waals surface area contributed by atoms with Crippen molar-refractivity contribution >= 4 is 0 Å². The first-order valence-electron chi connectivity index (χ1n) is 5.77. The van der Waals surface area contributed by atoms with E-state index in [1.807, 2.05) is 12.1 Å². The number of nitrogens with two attached hydrogens (primary N) is 1. The van der Waals surface area contributed by atoms with Gasteiger partial charge in [-0.05, 0) is 43.0 Å². The molecule has 1 heterocycles. The summed E-state index contributed by atoms with van der Waals surface area (Å²) >= 11 is 0. The van der Waals surface area contributed by atoms with E-state index in [2.05, 4.69) is 5.43 Å². The first-order valence-corrected chi connectivity index (χ1v) is 5.77. The number of aryl methyl sites for hydroxylation is 1. The molecule has 0 saturated carbocycles. The van der Waals surface area contributed by atoms with Crippen LogP contribution in [0, 0.1) is 12.7 Å². The van der Waals surface area contributed by atoms with Gasteiger partial charge in [0.15, 0.2) is 0 Å². The number of halogens is 1. The number of rotatable bonds is 3. The number of hydrogen-bond acceptors (Lipinski definition) is 3. The zero-order valence-electron chi connectivity index (χ0n) is 9.87. The zero-order valence-corrected chi connectivity index (χ0v) is 9.87. The van der Waals surface area contributed by atoms with Crippen molar-refractivity contribution in [2.24, 2.45) is 5.84 Å². The van der Waals surface area contributed by atoms with Crippen LogP contribution >= 0.6 is 0 Å². The molecule has 3 N–H and O–H groups in total. The molecule has 1 aromatic rings. The number of nitrogens with one attached hydrogen (secondary N) is 1. The summed E-state index contributed by atoms with van der Waals surface area (Å²) in [5.74, 6) is 6.09. The molecule has 1 atom stereocenters. The molecule has 92 valence electrons. The standard InChI is InChI=1S/C13H17FN2O/c1-9-5-6-10(8-11(9)14)13(16-15)12-4-2-3-7-17-12/h4-6,8,13,16H,2-3,7,15H2,1H3. The van der Waals surface area contributed by atoms with Crippen LogP contribution in [0.15, 0.2) is 30.0 Å². The van der Waals surface area contributed by atoms with E-state index in [1.165, 1.54) is 6.07 Å². The van der Waals surface area contributed by atoms with E-state index < -0.39 is 0 Å². The van der Waals surface area contributed by atoms with Crippen molar-refractivity contribution in [3.63, 3.8) is 0 Å². The summed E-state index contributed by atoms with van der Waals surface area (Å²) in [6.07, 6.45) is 4.00. The molecule has 1 aromatic carbocycles. The van der Waals surface area contributed by atoms with Crippen molar-refractivity contribution in [2.75, 3.05) is 6.61 Å². The minimum absolute atomic E-state index is 0.223. The second-order valence-corrected chi connectivity index (χ2v) is 4.21. The number of allylic oxidation sites excluding steroid dienone is 1. The highest BCUT2D eigenvalue weighted by atomic mass is 19.1. The lowest BCUT2D eigenvalue weighted by atomic mass is 10.0. The fraction of sp³-hybridized carbons (Fsp3) is 0.385. The average molecular weight is 236 g/mol. The monoisotopic (exact) mass is 236 g/mol. The van der Waals surface area contributed by atoms with Gasteiger partial charge in [-0.3, -0.25) is 5.84 Å². The smallest absolute Gasteiger partial charge is 0.126 e. The highest BCUT2D eigenvalue weighted by molar-refractivity contribution is 5.30. The third-order valence-corrected chi connectivity index (χ3v) is 2.94. The van der Waals surface area contributed by atoms with Crippen LogP contribution in [0.5, 0.6) is 0 Å². The van der Waals surface area contributed by atoms with Gasteiger partial charge in [0.1, 0.15) is 17.6 Å². The molecular weight excluding hydrogens is 219 g/mol. The van der Waals surface area contributed by atoms with E-state index in [-0.39, 0.29) is 11.9 Å². The van der Waals surface area contributed by atoms with Gasteiger partial charge in [-0.1, -0.05) is 12.1 Å². The summed E-state index contributed by atoms with van der Waals surface area (Å²) in [4.78, 5) is 0. The lowest BCUT2D eigenvalue weighted by Crippen LogP contribution is -2.31. The Kier molecular flexibility index (Phi) is 3.76. The highest BCUT2D eigenvalue weighted by Crippen LogP contribution is 2.26. The van der Waals surface area contributed by atoms with E-state index in [9.17, 15) is 4.39 Å². The fourth-order valence-corrected chi connectivity index (χ4v) is 1.91. The maximum Gasteiger partial charge on any atom is 0.126 e. The largest absolute Gasteiger partial charge is 0.496 e. The molecule has 1 aliphatic rings. The molecule has 0 spiro atoms. The Bertz CT molecular complexity index is 431. The van der Waals surface area contributed by atoms with Crippen LogP contribution in [-0.4, -0.2) is 6.61 Å². The third-order valence-electron chi connectivity index (χ3n) is 2.94. The van der Waals surface area contributed by atoms with Gasteiger partial charge in [0.25, 0.3) is 0 Å². The Hall–Kier alpha value is -1.39. The van der Waals surface area contributed by atoms with Gasteiger partial charge in [-0.15, -0.1) is 0 Å². The van der Waals surface area contributed by atoms with Crippen LogP contribution in [0.25, 0.3) is 0 Å². The molecule has 17 heavy (non-hydrogen) atoms. The second kappa shape index (κ2) is 5.29. The number of hydrogen-bond donors (Lipinski definition) is 2. The van der Waals surface area contributed by atoms with Gasteiger partial charge in [-0.2, -0.15) is 0 Å². The quantitative estimate of drug-likeness (QED) is 0.625. The van der Waals surface area contributed by atoms with E-state index >= 15 is 0 Å². The molecule has 0 saturated heterocycles. The number of ether oxygens (including phenoxy) is 1. The number of hydrazine groups is 1. The Morgan fingerprint density at radius 3 is 2.88 bits per heavy atom. The molecular formula is C13H17FN2O. The van der Waals surface area contributed by atoms with Crippen LogP contribution < -0.4 is 11.3 Å². The van der Waals surface area contributed by atoms with Gasteiger partial charge in [0.2, 0.25) is 0 Å². The van der Waals surface area contributed by atoms with Crippen molar-refractivity contribution in [1.29, 1.82) is 0 Å². The first kappa shape index (κ1) is 12.1. The summed E-state index contributed by atoms with van der Waals surface area (Å²) in [7, 11) is 0. The van der Waals surface area contributed by atoms with Crippen LogP contribution in [0.2, 0.25) is 0 Å². The third kappa shape index (κ3) is 2.65. The zero-order chi connectivity index (χ0) is 12.3. The van der Waals surface area contributed by atoms with Gasteiger partial charge in [0.05, 0.1) is 6.61 Å². The van der Waals surface area contributed by atoms with Gasteiger partial charge in [-0.25, -0.2) is 9.82 Å². The minimum atomic E-state index is -0.273. The van der Waals surface area contributed by atoms with Gasteiger partial charge in [0, 0.05) is 0 Å². The van der Waals surface area contributed by atoms with Crippen molar-refractivity contribution in [3.8, 4) is 0 Å². The van der Waals surface area contributed by atoms with Gasteiger partial charge >= 0.3 is 0 Å². The Labute approximate surface area is 100 Å². The lowest BCUT2D eigenvalue weighted by Gasteiger charge is -2.23. The normalized spacial score (nSPS) is 17.2. The summed E-state index contributed by atoms with van der Waals surface area (Å²) in [6.45, 7) is 2.43. The topological polar surface area (TPSA) is 47.3 Å². The molecule has 0 aromatic heterocycles. The van der Waals surface area contributed by atoms with Crippen LogP contribution in [0.1, 0.15) is 30.0 Å². The second-order valence-electron chi connectivity index (χ2n) is 4.21. The molecule has 3 nitrogen and oxygen atoms in total. The summed E-state index contributed by atoms with van der Waals surface area (Å²) in [5.41, 5.74) is 4.08. The molecule has 4 heteroatoms. The van der Waals surface area contributed by atoms with E-state index in [1.54, 1.807) is 13.0 Å². The van der Waals surface area contributed by atoms with Crippen molar-refractivity contribution in [1.82, 2.24) is 5.43 Å². The summed E-state index contributed by atoms with van der Waals surface area (Å²) in [5, 5.41) is 0. The van der Waals surface area contributed by atoms with Crippen molar-refractivity contribution < 1.29 is 9.13 Å². The molecule has 0 bridgehead atoms. The van der Waals surface area contributed by atoms with Gasteiger partial charge < -0.3 is 4.74 Å². The van der Waals surface area contributed by atoms with Crippen LogP contribution in [0.3, 0.4) is 0 Å². The SMILES string of the molecule is Cc1ccc(C(NN)C2=CCCCO2)cc1F. The Morgan fingerprint density at radius 1 is 1.47 bits per heavy atom. The van der Waals surface area contributed by atoms with E-state index in [0.29, 0.717) is 12.2 Å². The molecule has 1 aliphatic heterocycles. The minimum Gasteiger partial charge on any atom is -0.496 e. The number of benzene rings is 1. The highest BCUT2D eigenvalue weighted by Gasteiger charge is 2.19. The Balaban J connectivity index is 2.28. The van der Waals surface area contributed by atoms with E-state index in [4.69, 9.17) is 10.6 Å². The van der Waals surface area contributed by atoms with Crippen molar-refractivity contribution in [3.05, 3.63) is 47.0 Å². The molecule has 0 aliphatic carbocycles. The summed E-state index contributed by atoms with van der Waals surface area (Å²) in [6, 6.07) is 4.84. The van der Waals surface area contributed by atoms with Crippen LogP contribution in [0.4, 0.5) is 4.39 Å². The Morgan fingerprint density at radius 2 is 2.29 bits per heavy atom. The fourth-order valence-electron chi connectivity index (χ4n) is 1.91.